The Morgan fingerprint density at radius 3 is 2.83 bits per heavy atom. The zero-order valence-electron chi connectivity index (χ0n) is 12.5. The van der Waals surface area contributed by atoms with Gasteiger partial charge in [0.1, 0.15) is 0 Å². The van der Waals surface area contributed by atoms with Gasteiger partial charge in [0.25, 0.3) is 5.91 Å². The fourth-order valence-corrected chi connectivity index (χ4v) is 4.51. The number of hydrogen-bond acceptors (Lipinski definition) is 4. The Morgan fingerprint density at radius 2 is 2.09 bits per heavy atom. The molecule has 0 aliphatic carbocycles. The summed E-state index contributed by atoms with van der Waals surface area (Å²) in [4.78, 5) is 16.8. The molecule has 0 fully saturated rings. The van der Waals surface area contributed by atoms with E-state index >= 15 is 0 Å². The largest absolute Gasteiger partial charge is 0.322 e. The fraction of sp³-hybridized carbons (Fsp3) is 0.176. The number of thiazole rings is 1. The lowest BCUT2D eigenvalue weighted by atomic mass is 10.2. The molecular weight excluding hydrogens is 348 g/mol. The summed E-state index contributed by atoms with van der Waals surface area (Å²) in [5, 5.41) is 2.92. The van der Waals surface area contributed by atoms with Gasteiger partial charge in [-0.3, -0.25) is 4.79 Å². The Kier molecular flexibility index (Phi) is 5.20. The summed E-state index contributed by atoms with van der Waals surface area (Å²) in [7, 11) is 0. The van der Waals surface area contributed by atoms with Gasteiger partial charge in [0.15, 0.2) is 4.34 Å². The summed E-state index contributed by atoms with van der Waals surface area (Å²) < 4.78 is 2.03. The molecule has 0 radical (unpaired) electrons. The lowest BCUT2D eigenvalue weighted by Crippen LogP contribution is -2.11. The van der Waals surface area contributed by atoms with Gasteiger partial charge >= 0.3 is 0 Å². The van der Waals surface area contributed by atoms with E-state index in [1.54, 1.807) is 35.2 Å². The van der Waals surface area contributed by atoms with Gasteiger partial charge in [-0.15, -0.1) is 22.9 Å². The summed E-state index contributed by atoms with van der Waals surface area (Å²) >= 11 is 9.33. The van der Waals surface area contributed by atoms with Crippen LogP contribution in [0.3, 0.4) is 0 Å². The SMILES string of the molecule is CCC(Cl)Sc1nc2ccc(NC(=O)c3ccccc3)cc2s1. The molecule has 1 aromatic heterocycles. The van der Waals surface area contributed by atoms with Gasteiger partial charge in [-0.1, -0.05) is 36.9 Å². The number of halogens is 1. The predicted octanol–water partition coefficient (Wildman–Crippen LogP) is 5.62. The number of hydrogen-bond donors (Lipinski definition) is 1. The molecule has 3 nitrogen and oxygen atoms in total. The maximum absolute atomic E-state index is 12.2. The minimum Gasteiger partial charge on any atom is -0.322 e. The van der Waals surface area contributed by atoms with Crippen LogP contribution < -0.4 is 5.32 Å². The number of carbonyl (C=O) groups is 1. The van der Waals surface area contributed by atoms with Crippen LogP contribution in [0, 0.1) is 0 Å². The number of nitrogens with zero attached hydrogens (tertiary/aromatic N) is 1. The highest BCUT2D eigenvalue weighted by Crippen LogP contribution is 2.35. The summed E-state index contributed by atoms with van der Waals surface area (Å²) in [6.45, 7) is 2.05. The third kappa shape index (κ3) is 4.05. The number of alkyl halides is 1. The lowest BCUT2D eigenvalue weighted by Gasteiger charge is -2.04. The van der Waals surface area contributed by atoms with Crippen LogP contribution in [0.5, 0.6) is 0 Å². The van der Waals surface area contributed by atoms with Crippen LogP contribution >= 0.6 is 34.7 Å². The van der Waals surface area contributed by atoms with Crippen LogP contribution in [0.2, 0.25) is 0 Å². The van der Waals surface area contributed by atoms with E-state index in [0.29, 0.717) is 5.56 Å². The normalized spacial score (nSPS) is 12.3. The number of thioether (sulfide) groups is 1. The van der Waals surface area contributed by atoms with Crippen LogP contribution in [0.1, 0.15) is 23.7 Å². The molecule has 23 heavy (non-hydrogen) atoms. The number of rotatable bonds is 5. The lowest BCUT2D eigenvalue weighted by molar-refractivity contribution is 0.102. The molecule has 2 aromatic carbocycles. The Hall–Kier alpha value is -1.56. The van der Waals surface area contributed by atoms with Gasteiger partial charge in [-0.2, -0.15) is 0 Å². The molecule has 1 unspecified atom stereocenters. The first-order chi connectivity index (χ1) is 11.2. The molecule has 3 aromatic rings. The van der Waals surface area contributed by atoms with E-state index in [1.807, 2.05) is 36.4 Å². The minimum absolute atomic E-state index is 0.0350. The van der Waals surface area contributed by atoms with E-state index in [-0.39, 0.29) is 10.6 Å². The van der Waals surface area contributed by atoms with Crippen LogP contribution in [0.25, 0.3) is 10.2 Å². The average Bonchev–Trinajstić information content (AvgIpc) is 2.96. The average molecular weight is 363 g/mol. The third-order valence-electron chi connectivity index (χ3n) is 3.21. The molecule has 1 atom stereocenters. The van der Waals surface area contributed by atoms with Crippen molar-refractivity contribution in [2.75, 3.05) is 5.32 Å². The zero-order valence-corrected chi connectivity index (χ0v) is 14.8. The number of anilines is 1. The second-order valence-corrected chi connectivity index (χ2v) is 8.18. The number of carbonyl (C=O) groups excluding carboxylic acids is 1. The van der Waals surface area contributed by atoms with Gasteiger partial charge in [0.2, 0.25) is 0 Å². The van der Waals surface area contributed by atoms with Crippen molar-refractivity contribution in [3.8, 4) is 0 Å². The van der Waals surface area contributed by atoms with Crippen molar-refractivity contribution in [3.63, 3.8) is 0 Å². The highest BCUT2D eigenvalue weighted by molar-refractivity contribution is 8.02. The Balaban J connectivity index is 1.78. The molecule has 1 heterocycles. The molecule has 0 aliphatic rings. The molecule has 0 saturated heterocycles. The molecule has 1 amide bonds. The quantitative estimate of drug-likeness (QED) is 0.473. The first-order valence-corrected chi connectivity index (χ1v) is 9.36. The van der Waals surface area contributed by atoms with E-state index in [0.717, 1.165) is 26.7 Å². The van der Waals surface area contributed by atoms with Crippen molar-refractivity contribution in [1.82, 2.24) is 4.98 Å². The number of fused-ring (bicyclic) bond motifs is 1. The third-order valence-corrected chi connectivity index (χ3v) is 6.02. The Labute approximate surface area is 148 Å². The highest BCUT2D eigenvalue weighted by Gasteiger charge is 2.11. The molecule has 0 aliphatic heterocycles. The molecule has 0 spiro atoms. The van der Waals surface area contributed by atoms with Gasteiger partial charge in [-0.25, -0.2) is 4.98 Å². The van der Waals surface area contributed by atoms with Gasteiger partial charge in [0.05, 0.1) is 14.9 Å². The van der Waals surface area contributed by atoms with Crippen molar-refractivity contribution in [3.05, 3.63) is 54.1 Å². The van der Waals surface area contributed by atoms with E-state index < -0.39 is 0 Å². The summed E-state index contributed by atoms with van der Waals surface area (Å²) in [5.41, 5.74) is 2.33. The van der Waals surface area contributed by atoms with E-state index in [1.165, 1.54) is 0 Å². The standard InChI is InChI=1S/C17H15ClN2OS2/c1-2-15(18)23-17-20-13-9-8-12(10-14(13)22-17)19-16(21)11-6-4-3-5-7-11/h3-10,15H,2H2,1H3,(H,19,21). The summed E-state index contributed by atoms with van der Waals surface area (Å²) in [6.07, 6.45) is 0.889. The second kappa shape index (κ2) is 7.34. The zero-order chi connectivity index (χ0) is 16.2. The summed E-state index contributed by atoms with van der Waals surface area (Å²) in [6, 6.07) is 14.9. The maximum atomic E-state index is 12.2. The van der Waals surface area contributed by atoms with Crippen molar-refractivity contribution >= 4 is 56.5 Å². The number of amides is 1. The van der Waals surface area contributed by atoms with Crippen molar-refractivity contribution in [2.24, 2.45) is 0 Å². The molecule has 118 valence electrons. The molecule has 1 N–H and O–H groups in total. The van der Waals surface area contributed by atoms with Crippen LogP contribution in [-0.2, 0) is 0 Å². The fourth-order valence-electron chi connectivity index (χ4n) is 2.02. The Bertz CT molecular complexity index is 820. The molecule has 3 rings (SSSR count). The number of aromatic nitrogens is 1. The maximum Gasteiger partial charge on any atom is 0.255 e. The van der Waals surface area contributed by atoms with Crippen molar-refractivity contribution < 1.29 is 4.79 Å². The number of benzene rings is 2. The molecule has 6 heteroatoms. The molecule has 0 bridgehead atoms. The van der Waals surface area contributed by atoms with E-state index in [4.69, 9.17) is 11.6 Å². The topological polar surface area (TPSA) is 42.0 Å². The van der Waals surface area contributed by atoms with Crippen molar-refractivity contribution in [2.45, 2.75) is 22.4 Å². The smallest absolute Gasteiger partial charge is 0.255 e. The number of nitrogens with one attached hydrogen (secondary N) is 1. The van der Waals surface area contributed by atoms with Crippen LogP contribution in [-0.4, -0.2) is 15.6 Å². The van der Waals surface area contributed by atoms with Crippen LogP contribution in [0.15, 0.2) is 52.9 Å². The van der Waals surface area contributed by atoms with Gasteiger partial charge in [0, 0.05) is 11.3 Å². The van der Waals surface area contributed by atoms with E-state index in [9.17, 15) is 4.79 Å². The van der Waals surface area contributed by atoms with E-state index in [2.05, 4.69) is 17.2 Å². The Morgan fingerprint density at radius 1 is 1.30 bits per heavy atom. The molecule has 0 saturated carbocycles. The predicted molar refractivity (Wildman–Crippen MR) is 99.8 cm³/mol. The van der Waals surface area contributed by atoms with Crippen molar-refractivity contribution in [1.29, 1.82) is 0 Å². The highest BCUT2D eigenvalue weighted by atomic mass is 35.5. The first-order valence-electron chi connectivity index (χ1n) is 7.23. The summed E-state index contributed by atoms with van der Waals surface area (Å²) in [5.74, 6) is -0.115. The molecular formula is C17H15ClN2OS2. The second-order valence-electron chi connectivity index (χ2n) is 4.92. The van der Waals surface area contributed by atoms with Crippen LogP contribution in [0.4, 0.5) is 5.69 Å². The van der Waals surface area contributed by atoms with Gasteiger partial charge in [-0.05, 0) is 36.8 Å². The van der Waals surface area contributed by atoms with Gasteiger partial charge < -0.3 is 5.32 Å². The minimum atomic E-state index is -0.115. The first kappa shape index (κ1) is 16.3. The monoisotopic (exact) mass is 362 g/mol.